The van der Waals surface area contributed by atoms with E-state index in [1.165, 1.54) is 18.4 Å². The number of ether oxygens (including phenoxy) is 2. The third kappa shape index (κ3) is 5.09. The first-order valence-corrected chi connectivity index (χ1v) is 10.6. The standard InChI is InChI=1S/C18H16BrN3O4S2/c1-25-14-4-10(2-3-13(14)26-7-16(20)23)6-21-17(24)12-9-28-18(22-12)15-5-11(19)8-27-15/h2-5,8-9H,6-7H2,1H3,(H2,20,23)(H,21,24). The fraction of sp³-hybridized carbons (Fsp3) is 0.167. The monoisotopic (exact) mass is 481 g/mol. The number of nitrogens with two attached hydrogens (primary N) is 1. The molecule has 0 bridgehead atoms. The number of aromatic nitrogens is 1. The minimum atomic E-state index is -0.573. The van der Waals surface area contributed by atoms with Gasteiger partial charge in [0, 0.05) is 21.8 Å². The van der Waals surface area contributed by atoms with E-state index in [9.17, 15) is 9.59 Å². The van der Waals surface area contributed by atoms with Gasteiger partial charge in [0.25, 0.3) is 11.8 Å². The summed E-state index contributed by atoms with van der Waals surface area (Å²) in [6.07, 6.45) is 0. The van der Waals surface area contributed by atoms with Crippen LogP contribution in [0.15, 0.2) is 39.5 Å². The lowest BCUT2D eigenvalue weighted by molar-refractivity contribution is -0.119. The van der Waals surface area contributed by atoms with Crippen molar-refractivity contribution in [3.8, 4) is 21.4 Å². The Hall–Kier alpha value is -2.43. The summed E-state index contributed by atoms with van der Waals surface area (Å²) in [5.41, 5.74) is 6.27. The minimum Gasteiger partial charge on any atom is -0.493 e. The highest BCUT2D eigenvalue weighted by Crippen LogP contribution is 2.32. The molecule has 2 heterocycles. The van der Waals surface area contributed by atoms with Gasteiger partial charge in [0.05, 0.1) is 12.0 Å². The molecule has 2 amide bonds. The molecular formula is C18H16BrN3O4S2. The second kappa shape index (κ2) is 9.18. The van der Waals surface area contributed by atoms with E-state index in [0.717, 1.165) is 19.9 Å². The first-order chi connectivity index (χ1) is 13.5. The second-order valence-corrected chi connectivity index (χ2v) is 8.27. The summed E-state index contributed by atoms with van der Waals surface area (Å²) in [5, 5.41) is 7.35. The number of rotatable bonds is 8. The molecule has 7 nitrogen and oxygen atoms in total. The van der Waals surface area contributed by atoms with Crippen LogP contribution in [0.5, 0.6) is 11.5 Å². The summed E-state index contributed by atoms with van der Waals surface area (Å²) in [4.78, 5) is 28.6. The predicted octanol–water partition coefficient (Wildman–Crippen LogP) is 3.44. The van der Waals surface area contributed by atoms with Gasteiger partial charge in [0.2, 0.25) is 0 Å². The van der Waals surface area contributed by atoms with Crippen LogP contribution in [0.1, 0.15) is 16.1 Å². The molecule has 0 atom stereocenters. The van der Waals surface area contributed by atoms with Crippen LogP contribution in [0.25, 0.3) is 9.88 Å². The van der Waals surface area contributed by atoms with E-state index in [1.54, 1.807) is 34.9 Å². The number of nitrogens with one attached hydrogen (secondary N) is 1. The van der Waals surface area contributed by atoms with Crippen LogP contribution in [0.3, 0.4) is 0 Å². The van der Waals surface area contributed by atoms with Crippen molar-refractivity contribution in [2.45, 2.75) is 6.54 Å². The van der Waals surface area contributed by atoms with Crippen molar-refractivity contribution in [1.82, 2.24) is 10.3 Å². The Morgan fingerprint density at radius 2 is 2.04 bits per heavy atom. The topological polar surface area (TPSA) is 104 Å². The number of carbonyl (C=O) groups excluding carboxylic acids is 2. The van der Waals surface area contributed by atoms with Gasteiger partial charge in [-0.1, -0.05) is 6.07 Å². The minimum absolute atomic E-state index is 0.237. The summed E-state index contributed by atoms with van der Waals surface area (Å²) in [6.45, 7) is 0.0577. The third-order valence-corrected chi connectivity index (χ3v) is 6.27. The zero-order valence-electron chi connectivity index (χ0n) is 14.7. The normalized spacial score (nSPS) is 10.5. The number of thiophene rings is 1. The molecule has 0 aliphatic carbocycles. The molecule has 2 aromatic heterocycles. The van der Waals surface area contributed by atoms with Gasteiger partial charge in [-0.3, -0.25) is 9.59 Å². The average molecular weight is 482 g/mol. The lowest BCUT2D eigenvalue weighted by Crippen LogP contribution is -2.23. The maximum atomic E-state index is 12.4. The predicted molar refractivity (Wildman–Crippen MR) is 112 cm³/mol. The molecule has 0 fully saturated rings. The van der Waals surface area contributed by atoms with Gasteiger partial charge in [-0.15, -0.1) is 22.7 Å². The Bertz CT molecular complexity index is 1000. The molecule has 3 N–H and O–H groups in total. The van der Waals surface area contributed by atoms with E-state index in [-0.39, 0.29) is 12.5 Å². The van der Waals surface area contributed by atoms with Gasteiger partial charge in [-0.2, -0.15) is 0 Å². The summed E-state index contributed by atoms with van der Waals surface area (Å²) >= 11 is 6.40. The van der Waals surface area contributed by atoms with Crippen molar-refractivity contribution in [3.05, 3.63) is 50.8 Å². The molecule has 0 saturated heterocycles. The van der Waals surface area contributed by atoms with Gasteiger partial charge in [0.1, 0.15) is 10.7 Å². The lowest BCUT2D eigenvalue weighted by atomic mass is 10.2. The molecule has 10 heteroatoms. The number of hydrogen-bond acceptors (Lipinski definition) is 7. The molecule has 3 aromatic rings. The number of halogens is 1. The molecule has 0 spiro atoms. The van der Waals surface area contributed by atoms with Gasteiger partial charge in [-0.05, 0) is 39.7 Å². The number of amides is 2. The summed E-state index contributed by atoms with van der Waals surface area (Å²) in [7, 11) is 1.49. The molecule has 28 heavy (non-hydrogen) atoms. The van der Waals surface area contributed by atoms with E-state index in [2.05, 4.69) is 26.2 Å². The van der Waals surface area contributed by atoms with Crippen LogP contribution in [0.2, 0.25) is 0 Å². The number of hydrogen-bond donors (Lipinski definition) is 2. The maximum Gasteiger partial charge on any atom is 0.271 e. The Kier molecular flexibility index (Phi) is 6.65. The largest absolute Gasteiger partial charge is 0.493 e. The number of benzene rings is 1. The molecule has 1 aromatic carbocycles. The summed E-state index contributed by atoms with van der Waals surface area (Å²) < 4.78 is 11.5. The highest BCUT2D eigenvalue weighted by Gasteiger charge is 2.14. The van der Waals surface area contributed by atoms with Crippen LogP contribution >= 0.6 is 38.6 Å². The van der Waals surface area contributed by atoms with Crippen molar-refractivity contribution in [3.63, 3.8) is 0 Å². The Morgan fingerprint density at radius 1 is 1.21 bits per heavy atom. The molecule has 0 aliphatic heterocycles. The Labute approximate surface area is 177 Å². The molecular weight excluding hydrogens is 466 g/mol. The van der Waals surface area contributed by atoms with Crippen molar-refractivity contribution >= 4 is 50.4 Å². The van der Waals surface area contributed by atoms with Crippen LogP contribution in [-0.2, 0) is 11.3 Å². The smallest absolute Gasteiger partial charge is 0.271 e. The number of thiazole rings is 1. The van der Waals surface area contributed by atoms with Crippen LogP contribution in [0.4, 0.5) is 0 Å². The Morgan fingerprint density at radius 3 is 2.71 bits per heavy atom. The number of nitrogens with zero attached hydrogens (tertiary/aromatic N) is 1. The van der Waals surface area contributed by atoms with Crippen LogP contribution in [-0.4, -0.2) is 30.5 Å². The SMILES string of the molecule is COc1cc(CNC(=O)c2csc(-c3cc(Br)cs3)n2)ccc1OCC(N)=O. The van der Waals surface area contributed by atoms with E-state index in [4.69, 9.17) is 15.2 Å². The molecule has 0 radical (unpaired) electrons. The number of carbonyl (C=O) groups is 2. The number of methoxy groups -OCH3 is 1. The first-order valence-electron chi connectivity index (χ1n) is 8.02. The van der Waals surface area contributed by atoms with Crippen LogP contribution in [0, 0.1) is 0 Å². The van der Waals surface area contributed by atoms with Gasteiger partial charge in [-0.25, -0.2) is 4.98 Å². The van der Waals surface area contributed by atoms with E-state index in [1.807, 2.05) is 11.4 Å². The second-order valence-electron chi connectivity index (χ2n) is 5.59. The van der Waals surface area contributed by atoms with E-state index < -0.39 is 5.91 Å². The highest BCUT2D eigenvalue weighted by atomic mass is 79.9. The van der Waals surface area contributed by atoms with Crippen molar-refractivity contribution in [2.24, 2.45) is 5.73 Å². The summed E-state index contributed by atoms with van der Waals surface area (Å²) in [5.74, 6) is 0.0249. The van der Waals surface area contributed by atoms with Gasteiger partial charge in [0.15, 0.2) is 18.1 Å². The van der Waals surface area contributed by atoms with Crippen molar-refractivity contribution in [1.29, 1.82) is 0 Å². The van der Waals surface area contributed by atoms with E-state index >= 15 is 0 Å². The van der Waals surface area contributed by atoms with Crippen molar-refractivity contribution < 1.29 is 19.1 Å². The van der Waals surface area contributed by atoms with Gasteiger partial charge < -0.3 is 20.5 Å². The van der Waals surface area contributed by atoms with E-state index in [0.29, 0.717) is 23.7 Å². The third-order valence-electron chi connectivity index (χ3n) is 3.57. The summed E-state index contributed by atoms with van der Waals surface area (Å²) in [6, 6.07) is 7.14. The van der Waals surface area contributed by atoms with Crippen LogP contribution < -0.4 is 20.5 Å². The zero-order chi connectivity index (χ0) is 20.1. The average Bonchev–Trinajstić information content (AvgIpc) is 3.33. The fourth-order valence-corrected chi connectivity index (χ4v) is 4.59. The molecule has 0 aliphatic rings. The van der Waals surface area contributed by atoms with Gasteiger partial charge >= 0.3 is 0 Å². The maximum absolute atomic E-state index is 12.4. The first kappa shape index (κ1) is 20.3. The molecule has 146 valence electrons. The van der Waals surface area contributed by atoms with Crippen molar-refractivity contribution in [2.75, 3.05) is 13.7 Å². The highest BCUT2D eigenvalue weighted by molar-refractivity contribution is 9.10. The zero-order valence-corrected chi connectivity index (χ0v) is 17.9. The number of primary amides is 1. The fourth-order valence-electron chi connectivity index (χ4n) is 2.28. The lowest BCUT2D eigenvalue weighted by Gasteiger charge is -2.11. The molecule has 0 saturated carbocycles. The molecule has 3 rings (SSSR count). The quantitative estimate of drug-likeness (QED) is 0.512. The Balaban J connectivity index is 1.63. The molecule has 0 unspecified atom stereocenters.